The Hall–Kier alpha value is -1.47. The van der Waals surface area contributed by atoms with Crippen molar-refractivity contribution < 1.29 is 9.59 Å². The van der Waals surface area contributed by atoms with E-state index in [9.17, 15) is 9.59 Å². The lowest BCUT2D eigenvalue weighted by Gasteiger charge is -2.24. The van der Waals surface area contributed by atoms with Crippen LogP contribution in [0.1, 0.15) is 38.5 Å². The van der Waals surface area contributed by atoms with Crippen molar-refractivity contribution in [3.63, 3.8) is 0 Å². The highest BCUT2D eigenvalue weighted by Gasteiger charge is 2.21. The highest BCUT2D eigenvalue weighted by atomic mass is 32.1. The molecule has 134 valence electrons. The summed E-state index contributed by atoms with van der Waals surface area (Å²) in [6, 6.07) is 0. The Morgan fingerprint density at radius 1 is 1.29 bits per heavy atom. The van der Waals surface area contributed by atoms with Crippen LogP contribution in [0.25, 0.3) is 0 Å². The fraction of sp³-hybridized carbons (Fsp3) is 0.706. The first-order valence-electron chi connectivity index (χ1n) is 8.66. The lowest BCUT2D eigenvalue weighted by Crippen LogP contribution is -2.41. The molecule has 0 aliphatic heterocycles. The van der Waals surface area contributed by atoms with Crippen LogP contribution in [0.15, 0.2) is 11.6 Å². The molecule has 0 radical (unpaired) electrons. The van der Waals surface area contributed by atoms with Gasteiger partial charge in [0.1, 0.15) is 0 Å². The van der Waals surface area contributed by atoms with E-state index in [0.717, 1.165) is 13.0 Å². The number of thiazole rings is 1. The quantitative estimate of drug-likeness (QED) is 0.741. The van der Waals surface area contributed by atoms with Crippen molar-refractivity contribution in [3.8, 4) is 0 Å². The minimum absolute atomic E-state index is 0.0815. The molecular weight excluding hydrogens is 324 g/mol. The van der Waals surface area contributed by atoms with Crippen LogP contribution in [-0.2, 0) is 9.59 Å². The van der Waals surface area contributed by atoms with E-state index in [1.54, 1.807) is 11.1 Å². The van der Waals surface area contributed by atoms with Gasteiger partial charge >= 0.3 is 0 Å². The molecule has 6 nitrogen and oxygen atoms in total. The number of amides is 2. The molecule has 7 heteroatoms. The summed E-state index contributed by atoms with van der Waals surface area (Å²) in [5, 5.41) is 5.14. The van der Waals surface area contributed by atoms with Gasteiger partial charge in [0.15, 0.2) is 5.13 Å². The van der Waals surface area contributed by atoms with Crippen molar-refractivity contribution in [3.05, 3.63) is 11.6 Å². The molecule has 0 aromatic carbocycles. The van der Waals surface area contributed by atoms with Crippen molar-refractivity contribution in [1.29, 1.82) is 0 Å². The van der Waals surface area contributed by atoms with Gasteiger partial charge in [-0.05, 0) is 26.4 Å². The molecule has 1 saturated carbocycles. The summed E-state index contributed by atoms with van der Waals surface area (Å²) in [5.41, 5.74) is 0. The summed E-state index contributed by atoms with van der Waals surface area (Å²) >= 11 is 1.38. The molecule has 1 N–H and O–H groups in total. The maximum atomic E-state index is 12.6. The topological polar surface area (TPSA) is 65.5 Å². The van der Waals surface area contributed by atoms with Crippen LogP contribution >= 0.6 is 11.3 Å². The molecule has 1 fully saturated rings. The van der Waals surface area contributed by atoms with Gasteiger partial charge in [0, 0.05) is 31.1 Å². The molecule has 0 saturated heterocycles. The zero-order valence-electron chi connectivity index (χ0n) is 14.7. The number of rotatable bonds is 9. The second-order valence-corrected chi connectivity index (χ2v) is 7.59. The van der Waals surface area contributed by atoms with Gasteiger partial charge in [0.2, 0.25) is 11.8 Å². The molecule has 1 aliphatic carbocycles. The normalized spacial score (nSPS) is 15.0. The van der Waals surface area contributed by atoms with Crippen LogP contribution in [0.4, 0.5) is 5.13 Å². The van der Waals surface area contributed by atoms with E-state index in [1.165, 1.54) is 37.0 Å². The van der Waals surface area contributed by atoms with Crippen LogP contribution in [0, 0.1) is 5.92 Å². The number of carbonyl (C=O) groups excluding carboxylic acids is 2. The summed E-state index contributed by atoms with van der Waals surface area (Å²) in [5.74, 6) is 0.588. The van der Waals surface area contributed by atoms with E-state index in [2.05, 4.69) is 10.3 Å². The monoisotopic (exact) mass is 352 g/mol. The molecule has 0 bridgehead atoms. The van der Waals surface area contributed by atoms with E-state index in [0.29, 0.717) is 24.0 Å². The minimum Gasteiger partial charge on any atom is -0.332 e. The number of anilines is 1. The third-order valence-electron chi connectivity index (χ3n) is 4.42. The van der Waals surface area contributed by atoms with Gasteiger partial charge < -0.3 is 15.1 Å². The molecule has 0 spiro atoms. The molecule has 2 rings (SSSR count). The highest BCUT2D eigenvalue weighted by molar-refractivity contribution is 7.13. The maximum absolute atomic E-state index is 12.6. The van der Waals surface area contributed by atoms with Gasteiger partial charge in [-0.2, -0.15) is 0 Å². The van der Waals surface area contributed by atoms with Gasteiger partial charge in [-0.1, -0.05) is 25.7 Å². The van der Waals surface area contributed by atoms with Crippen molar-refractivity contribution >= 4 is 28.3 Å². The second-order valence-electron chi connectivity index (χ2n) is 6.69. The third-order valence-corrected chi connectivity index (χ3v) is 5.11. The second kappa shape index (κ2) is 9.74. The zero-order chi connectivity index (χ0) is 17.4. The Labute approximate surface area is 148 Å². The Balaban J connectivity index is 1.84. The Bertz CT molecular complexity index is 513. The number of carbonyl (C=O) groups is 2. The summed E-state index contributed by atoms with van der Waals surface area (Å²) in [7, 11) is 3.94. The molecule has 0 unspecified atom stereocenters. The summed E-state index contributed by atoms with van der Waals surface area (Å²) < 4.78 is 0. The van der Waals surface area contributed by atoms with Gasteiger partial charge in [-0.25, -0.2) is 4.98 Å². The van der Waals surface area contributed by atoms with Crippen LogP contribution in [0.2, 0.25) is 0 Å². The van der Waals surface area contributed by atoms with E-state index >= 15 is 0 Å². The number of likely N-dealkylation sites (N-methyl/N-ethyl adjacent to an activating group) is 1. The standard InChI is InChI=1S/C17H28N4O2S/c1-20(2)10-11-21(13-15(22)19-17-18-9-12-24-17)16(23)8-7-14-5-3-4-6-14/h9,12,14H,3-8,10-11,13H2,1-2H3,(H,18,19,22). The predicted molar refractivity (Wildman–Crippen MR) is 97.1 cm³/mol. The average Bonchev–Trinajstić information content (AvgIpc) is 3.22. The first-order valence-corrected chi connectivity index (χ1v) is 9.54. The van der Waals surface area contributed by atoms with E-state index in [-0.39, 0.29) is 18.4 Å². The van der Waals surface area contributed by atoms with Crippen LogP contribution < -0.4 is 5.32 Å². The highest BCUT2D eigenvalue weighted by Crippen LogP contribution is 2.28. The minimum atomic E-state index is -0.182. The SMILES string of the molecule is CN(C)CCN(CC(=O)Nc1nccs1)C(=O)CCC1CCCC1. The number of nitrogens with one attached hydrogen (secondary N) is 1. The molecule has 24 heavy (non-hydrogen) atoms. The largest absolute Gasteiger partial charge is 0.332 e. The molecule has 1 aromatic heterocycles. The molecular formula is C17H28N4O2S. The number of hydrogen-bond donors (Lipinski definition) is 1. The van der Waals surface area contributed by atoms with Crippen LogP contribution in [0.3, 0.4) is 0 Å². The molecule has 1 aromatic rings. The Morgan fingerprint density at radius 2 is 2.04 bits per heavy atom. The van der Waals surface area contributed by atoms with Crippen LogP contribution in [0.5, 0.6) is 0 Å². The Morgan fingerprint density at radius 3 is 2.67 bits per heavy atom. The van der Waals surface area contributed by atoms with Gasteiger partial charge in [0.25, 0.3) is 0 Å². The fourth-order valence-corrected chi connectivity index (χ4v) is 3.56. The number of nitrogens with zero attached hydrogens (tertiary/aromatic N) is 3. The zero-order valence-corrected chi connectivity index (χ0v) is 15.5. The van der Waals surface area contributed by atoms with Crippen molar-refractivity contribution in [2.75, 3.05) is 39.0 Å². The first kappa shape index (κ1) is 18.9. The third kappa shape index (κ3) is 6.57. The van der Waals surface area contributed by atoms with E-state index in [4.69, 9.17) is 0 Å². The maximum Gasteiger partial charge on any atom is 0.245 e. The predicted octanol–water partition coefficient (Wildman–Crippen LogP) is 2.44. The molecule has 1 aliphatic rings. The lowest BCUT2D eigenvalue weighted by molar-refractivity contribution is -0.135. The van der Waals surface area contributed by atoms with E-state index in [1.807, 2.05) is 24.4 Å². The van der Waals surface area contributed by atoms with Crippen LogP contribution in [-0.4, -0.2) is 60.3 Å². The molecule has 0 atom stereocenters. The molecule has 2 amide bonds. The first-order chi connectivity index (χ1) is 11.5. The Kier molecular flexibility index (Phi) is 7.65. The fourth-order valence-electron chi connectivity index (χ4n) is 3.01. The van der Waals surface area contributed by atoms with Gasteiger partial charge in [0.05, 0.1) is 6.54 Å². The van der Waals surface area contributed by atoms with E-state index < -0.39 is 0 Å². The smallest absolute Gasteiger partial charge is 0.245 e. The van der Waals surface area contributed by atoms with Gasteiger partial charge in [-0.15, -0.1) is 11.3 Å². The number of hydrogen-bond acceptors (Lipinski definition) is 5. The molecule has 1 heterocycles. The average molecular weight is 353 g/mol. The van der Waals surface area contributed by atoms with Gasteiger partial charge in [-0.3, -0.25) is 9.59 Å². The lowest BCUT2D eigenvalue weighted by atomic mass is 10.0. The summed E-state index contributed by atoms with van der Waals surface area (Å²) in [6.45, 7) is 1.42. The van der Waals surface area contributed by atoms with Crippen molar-refractivity contribution in [2.24, 2.45) is 5.92 Å². The van der Waals surface area contributed by atoms with Crippen molar-refractivity contribution in [2.45, 2.75) is 38.5 Å². The van der Waals surface area contributed by atoms with Crippen molar-refractivity contribution in [1.82, 2.24) is 14.8 Å². The summed E-state index contributed by atoms with van der Waals surface area (Å²) in [4.78, 5) is 32.5. The number of aromatic nitrogens is 1. The summed E-state index contributed by atoms with van der Waals surface area (Å²) in [6.07, 6.45) is 8.22.